The topological polar surface area (TPSA) is 92.3 Å². The molecule has 1 heterocycles. The fourth-order valence-electron chi connectivity index (χ4n) is 0.406. The van der Waals surface area contributed by atoms with Gasteiger partial charge in [-0.3, -0.25) is 9.65 Å². The van der Waals surface area contributed by atoms with Gasteiger partial charge in [0, 0.05) is 0 Å². The van der Waals surface area contributed by atoms with Crippen LogP contribution in [0.3, 0.4) is 0 Å². The van der Waals surface area contributed by atoms with Crippen molar-refractivity contribution in [2.24, 2.45) is 0 Å². The van der Waals surface area contributed by atoms with E-state index in [1.165, 1.54) is 6.20 Å². The predicted octanol–water partition coefficient (Wildman–Crippen LogP) is -0.409. The predicted molar refractivity (Wildman–Crippen MR) is 30.8 cm³/mol. The summed E-state index contributed by atoms with van der Waals surface area (Å²) in [5.74, 6) is -0.0532. The Balaban J connectivity index is 2.75. The molecular weight excluding hydrogens is 160 g/mol. The van der Waals surface area contributed by atoms with Gasteiger partial charge in [-0.05, 0) is 0 Å². The van der Waals surface area contributed by atoms with E-state index in [4.69, 9.17) is 4.55 Å². The molecule has 0 spiro atoms. The van der Waals surface area contributed by atoms with Crippen LogP contribution in [0.15, 0.2) is 12.4 Å². The highest BCUT2D eigenvalue weighted by Gasteiger charge is 2.05. The largest absolute Gasteiger partial charge is 0.446 e. The van der Waals surface area contributed by atoms with Crippen LogP contribution in [-0.2, 0) is 10.4 Å². The van der Waals surface area contributed by atoms with E-state index in [0.717, 1.165) is 6.20 Å². The Labute approximate surface area is 56.8 Å². The summed E-state index contributed by atoms with van der Waals surface area (Å²) in [5, 5.41) is 5.68. The molecule has 0 fully saturated rings. The van der Waals surface area contributed by atoms with Crippen molar-refractivity contribution >= 4 is 10.4 Å². The van der Waals surface area contributed by atoms with E-state index in [1.807, 2.05) is 0 Å². The molecule has 10 heavy (non-hydrogen) atoms. The van der Waals surface area contributed by atoms with Gasteiger partial charge in [0.05, 0.1) is 12.4 Å². The summed E-state index contributed by atoms with van der Waals surface area (Å²) in [6.45, 7) is 0. The maximum absolute atomic E-state index is 9.99. The number of aromatic amines is 1. The maximum Gasteiger partial charge on any atom is 0.446 e. The molecule has 0 amide bonds. The average molecular weight is 164 g/mol. The van der Waals surface area contributed by atoms with Crippen molar-refractivity contribution in [2.45, 2.75) is 0 Å². The van der Waals surface area contributed by atoms with E-state index in [1.54, 1.807) is 0 Å². The van der Waals surface area contributed by atoms with Gasteiger partial charge in [0.1, 0.15) is 0 Å². The first-order valence-electron chi connectivity index (χ1n) is 2.23. The summed E-state index contributed by atoms with van der Waals surface area (Å²) in [6.07, 6.45) is 2.31. The Kier molecular flexibility index (Phi) is 1.60. The van der Waals surface area contributed by atoms with Gasteiger partial charge in [0.25, 0.3) is 0 Å². The lowest BCUT2D eigenvalue weighted by atomic mass is 10.7. The zero-order valence-electron chi connectivity index (χ0n) is 4.68. The summed E-state index contributed by atoms with van der Waals surface area (Å²) >= 11 is 0. The van der Waals surface area contributed by atoms with Crippen molar-refractivity contribution in [1.82, 2.24) is 10.2 Å². The van der Waals surface area contributed by atoms with E-state index in [-0.39, 0.29) is 5.75 Å². The van der Waals surface area contributed by atoms with E-state index in [0.29, 0.717) is 0 Å². The molecule has 0 aromatic carbocycles. The molecule has 0 bridgehead atoms. The molecule has 0 aliphatic rings. The van der Waals surface area contributed by atoms with Crippen molar-refractivity contribution in [1.29, 1.82) is 0 Å². The van der Waals surface area contributed by atoms with E-state index < -0.39 is 10.4 Å². The number of nitrogens with zero attached hydrogens (tertiary/aromatic N) is 1. The lowest BCUT2D eigenvalue weighted by molar-refractivity contribution is 0.387. The molecule has 6 nitrogen and oxygen atoms in total. The summed E-state index contributed by atoms with van der Waals surface area (Å²) < 4.78 is 32.1. The van der Waals surface area contributed by atoms with E-state index >= 15 is 0 Å². The third kappa shape index (κ3) is 2.03. The molecule has 0 saturated carbocycles. The number of aromatic nitrogens is 2. The van der Waals surface area contributed by atoms with Crippen molar-refractivity contribution < 1.29 is 17.2 Å². The third-order valence-electron chi connectivity index (χ3n) is 0.675. The highest BCUT2D eigenvalue weighted by molar-refractivity contribution is 7.81. The lowest BCUT2D eigenvalue weighted by Gasteiger charge is -1.93. The van der Waals surface area contributed by atoms with Crippen LogP contribution in [0.25, 0.3) is 0 Å². The second-order valence-electron chi connectivity index (χ2n) is 1.45. The molecular formula is C3H4N2O4S. The Morgan fingerprint density at radius 1 is 1.70 bits per heavy atom. The molecule has 1 rings (SSSR count). The standard InChI is InChI=1S/C3H4N2O4S/c6-10(7,8)9-3-1-4-5-2-3/h1-2H,(H,4,5)(H,6,7,8). The van der Waals surface area contributed by atoms with Crippen LogP contribution in [0, 0.1) is 0 Å². The minimum Gasteiger partial charge on any atom is -0.358 e. The Morgan fingerprint density at radius 2 is 2.40 bits per heavy atom. The second kappa shape index (κ2) is 2.27. The molecule has 56 valence electrons. The summed E-state index contributed by atoms with van der Waals surface area (Å²) in [5.41, 5.74) is 0. The fraction of sp³-hybridized carbons (Fsp3) is 0. The van der Waals surface area contributed by atoms with Crippen molar-refractivity contribution in [3.63, 3.8) is 0 Å². The normalized spacial score (nSPS) is 11.3. The monoisotopic (exact) mass is 164 g/mol. The number of hydrogen-bond donors (Lipinski definition) is 2. The summed E-state index contributed by atoms with van der Waals surface area (Å²) in [7, 11) is -4.41. The van der Waals surface area contributed by atoms with Crippen LogP contribution in [0.1, 0.15) is 0 Å². The minimum absolute atomic E-state index is 0.0532. The van der Waals surface area contributed by atoms with Crippen LogP contribution in [-0.4, -0.2) is 23.2 Å². The molecule has 2 N–H and O–H groups in total. The highest BCUT2D eigenvalue weighted by atomic mass is 32.3. The van der Waals surface area contributed by atoms with Gasteiger partial charge in [-0.2, -0.15) is 13.5 Å². The Hall–Kier alpha value is -1.08. The number of rotatable bonds is 2. The fourth-order valence-corrected chi connectivity index (χ4v) is 0.741. The zero-order chi connectivity index (χ0) is 7.61. The molecule has 0 unspecified atom stereocenters. The molecule has 0 radical (unpaired) electrons. The molecule has 0 saturated heterocycles. The number of H-pyrrole nitrogens is 1. The van der Waals surface area contributed by atoms with Crippen LogP contribution < -0.4 is 4.18 Å². The van der Waals surface area contributed by atoms with Crippen LogP contribution in [0.5, 0.6) is 5.75 Å². The van der Waals surface area contributed by atoms with Gasteiger partial charge in [0.2, 0.25) is 0 Å². The highest BCUT2D eigenvalue weighted by Crippen LogP contribution is 2.06. The SMILES string of the molecule is O=S(=O)(O)Oc1cn[nH]c1. The molecule has 1 aromatic rings. The van der Waals surface area contributed by atoms with Crippen LogP contribution in [0.2, 0.25) is 0 Å². The van der Waals surface area contributed by atoms with Gasteiger partial charge in [-0.15, -0.1) is 0 Å². The zero-order valence-corrected chi connectivity index (χ0v) is 5.50. The summed E-state index contributed by atoms with van der Waals surface area (Å²) in [6, 6.07) is 0. The molecule has 0 aliphatic heterocycles. The average Bonchev–Trinajstić information content (AvgIpc) is 2.12. The Morgan fingerprint density at radius 3 is 2.80 bits per heavy atom. The second-order valence-corrected chi connectivity index (χ2v) is 2.47. The van der Waals surface area contributed by atoms with Gasteiger partial charge < -0.3 is 4.18 Å². The van der Waals surface area contributed by atoms with Gasteiger partial charge in [-0.1, -0.05) is 0 Å². The molecule has 1 aromatic heterocycles. The van der Waals surface area contributed by atoms with E-state index in [2.05, 4.69) is 14.4 Å². The van der Waals surface area contributed by atoms with Crippen molar-refractivity contribution in [3.05, 3.63) is 12.4 Å². The maximum atomic E-state index is 9.99. The Bertz CT molecular complexity index is 288. The third-order valence-corrected chi connectivity index (χ3v) is 1.08. The number of nitrogens with one attached hydrogen (secondary N) is 1. The van der Waals surface area contributed by atoms with Crippen molar-refractivity contribution in [2.75, 3.05) is 0 Å². The van der Waals surface area contributed by atoms with E-state index in [9.17, 15) is 8.42 Å². The van der Waals surface area contributed by atoms with Gasteiger partial charge in [-0.25, -0.2) is 0 Å². The smallest absolute Gasteiger partial charge is 0.358 e. The molecule has 0 atom stereocenters. The molecule has 7 heteroatoms. The lowest BCUT2D eigenvalue weighted by Crippen LogP contribution is -2.05. The number of hydrogen-bond acceptors (Lipinski definition) is 4. The van der Waals surface area contributed by atoms with Crippen LogP contribution in [0.4, 0.5) is 0 Å². The first-order valence-corrected chi connectivity index (χ1v) is 3.60. The van der Waals surface area contributed by atoms with Gasteiger partial charge >= 0.3 is 10.4 Å². The first-order chi connectivity index (χ1) is 4.58. The minimum atomic E-state index is -4.41. The van der Waals surface area contributed by atoms with Gasteiger partial charge in [0.15, 0.2) is 5.75 Å². The molecule has 0 aliphatic carbocycles. The first kappa shape index (κ1) is 7.03. The van der Waals surface area contributed by atoms with Crippen molar-refractivity contribution in [3.8, 4) is 5.75 Å². The summed E-state index contributed by atoms with van der Waals surface area (Å²) in [4.78, 5) is 0. The van der Waals surface area contributed by atoms with Crippen LogP contribution >= 0.6 is 0 Å². The quantitative estimate of drug-likeness (QED) is 0.580.